The number of aryl methyl sites for hydroxylation is 2. The molecule has 1 unspecified atom stereocenters. The highest BCUT2D eigenvalue weighted by atomic mass is 32.2. The van der Waals surface area contributed by atoms with Gasteiger partial charge in [0.05, 0.1) is 10.3 Å². The first-order chi connectivity index (χ1) is 11.3. The van der Waals surface area contributed by atoms with E-state index in [1.165, 1.54) is 0 Å². The molecule has 1 aromatic heterocycles. The molecule has 0 N–H and O–H groups in total. The molecule has 0 aliphatic carbocycles. The first kappa shape index (κ1) is 19.7. The van der Waals surface area contributed by atoms with Gasteiger partial charge in [0.15, 0.2) is 5.71 Å². The Labute approximate surface area is 148 Å². The lowest BCUT2D eigenvalue weighted by molar-refractivity contribution is -0.0578. The van der Waals surface area contributed by atoms with Crippen LogP contribution in [0.2, 0.25) is 0 Å². The summed E-state index contributed by atoms with van der Waals surface area (Å²) in [5, 5.41) is 0.477. The van der Waals surface area contributed by atoms with Crippen LogP contribution < -0.4 is 0 Å². The van der Waals surface area contributed by atoms with E-state index in [9.17, 15) is 17.4 Å². The summed E-state index contributed by atoms with van der Waals surface area (Å²) in [6, 6.07) is 1.66. The van der Waals surface area contributed by atoms with Crippen LogP contribution in [0.4, 0.5) is 13.2 Å². The smallest absolute Gasteiger partial charge is 0.350 e. The third kappa shape index (κ3) is 3.52. The van der Waals surface area contributed by atoms with E-state index < -0.39 is 27.6 Å². The molecule has 0 saturated carbocycles. The van der Waals surface area contributed by atoms with E-state index in [0.717, 1.165) is 16.6 Å². The van der Waals surface area contributed by atoms with E-state index in [2.05, 4.69) is 4.40 Å². The Balaban J connectivity index is 2.93. The van der Waals surface area contributed by atoms with Crippen LogP contribution in [-0.2, 0) is 18.0 Å². The highest BCUT2D eigenvalue weighted by Crippen LogP contribution is 2.35. The maximum atomic E-state index is 13.8. The number of fused-ring (bicyclic) bond motifs is 1. The van der Waals surface area contributed by atoms with Gasteiger partial charge in [-0.1, -0.05) is 0 Å². The Kier molecular flexibility index (Phi) is 4.94. The van der Waals surface area contributed by atoms with Gasteiger partial charge in [0, 0.05) is 24.2 Å². The molecule has 1 atom stereocenters. The second-order valence-corrected chi connectivity index (χ2v) is 9.14. The van der Waals surface area contributed by atoms with Crippen LogP contribution >= 0.6 is 0 Å². The number of halogens is 3. The number of aromatic nitrogens is 1. The third-order valence-corrected chi connectivity index (χ3v) is 5.80. The molecule has 0 aliphatic rings. The molecule has 138 valence electrons. The van der Waals surface area contributed by atoms with Crippen molar-refractivity contribution in [3.05, 3.63) is 34.5 Å². The number of hydrogen-bond donors (Lipinski definition) is 0. The van der Waals surface area contributed by atoms with Crippen LogP contribution in [0.3, 0.4) is 0 Å². The molecule has 0 bridgehead atoms. The van der Waals surface area contributed by atoms with Gasteiger partial charge in [0.25, 0.3) is 0 Å². The fourth-order valence-corrected chi connectivity index (χ4v) is 3.45. The van der Waals surface area contributed by atoms with Crippen LogP contribution in [0.5, 0.6) is 0 Å². The highest BCUT2D eigenvalue weighted by Gasteiger charge is 2.40. The second-order valence-electron chi connectivity index (χ2n) is 7.24. The van der Waals surface area contributed by atoms with Gasteiger partial charge in [-0.3, -0.25) is 0 Å². The predicted octanol–water partition coefficient (Wildman–Crippen LogP) is 4.92. The molecule has 1 aromatic carbocycles. The van der Waals surface area contributed by atoms with Crippen LogP contribution in [0.25, 0.3) is 10.9 Å². The number of nitrogens with zero attached hydrogens (tertiary/aromatic N) is 2. The fourth-order valence-electron chi connectivity index (χ4n) is 2.81. The Morgan fingerprint density at radius 1 is 1.08 bits per heavy atom. The summed E-state index contributed by atoms with van der Waals surface area (Å²) in [4.78, 5) is 0. The summed E-state index contributed by atoms with van der Waals surface area (Å²) in [5.41, 5.74) is 1.90. The Morgan fingerprint density at radius 3 is 2.12 bits per heavy atom. The Bertz CT molecular complexity index is 887. The van der Waals surface area contributed by atoms with Crippen molar-refractivity contribution in [2.75, 3.05) is 0 Å². The zero-order valence-electron chi connectivity index (χ0n) is 15.5. The molecule has 25 heavy (non-hydrogen) atoms. The number of hydrogen-bond acceptors (Lipinski definition) is 1. The predicted molar refractivity (Wildman–Crippen MR) is 97.6 cm³/mol. The zero-order chi connectivity index (χ0) is 19.3. The monoisotopic (exact) mass is 372 g/mol. The first-order valence-electron chi connectivity index (χ1n) is 7.89. The average molecular weight is 372 g/mol. The van der Waals surface area contributed by atoms with Gasteiger partial charge in [0.1, 0.15) is 11.0 Å². The zero-order valence-corrected chi connectivity index (χ0v) is 16.3. The molecule has 2 aromatic rings. The minimum atomic E-state index is -4.70. The van der Waals surface area contributed by atoms with Crippen molar-refractivity contribution in [2.45, 2.75) is 52.5 Å². The molecule has 2 rings (SSSR count). The van der Waals surface area contributed by atoms with Gasteiger partial charge in [-0.25, -0.2) is 4.21 Å². The molecule has 3 nitrogen and oxygen atoms in total. The van der Waals surface area contributed by atoms with Gasteiger partial charge in [-0.2, -0.15) is 17.6 Å². The van der Waals surface area contributed by atoms with Crippen LogP contribution in [0.1, 0.15) is 43.0 Å². The molecule has 0 radical (unpaired) electrons. The lowest BCUT2D eigenvalue weighted by Gasteiger charge is -2.20. The molecular weight excluding hydrogens is 349 g/mol. The van der Waals surface area contributed by atoms with E-state index in [-0.39, 0.29) is 5.56 Å². The van der Waals surface area contributed by atoms with Crippen molar-refractivity contribution in [3.8, 4) is 0 Å². The number of rotatable bonds is 2. The number of benzene rings is 1. The van der Waals surface area contributed by atoms with Crippen molar-refractivity contribution in [3.63, 3.8) is 0 Å². The largest absolute Gasteiger partial charge is 0.434 e. The van der Waals surface area contributed by atoms with Crippen molar-refractivity contribution >= 4 is 27.6 Å². The summed E-state index contributed by atoms with van der Waals surface area (Å²) < 4.78 is 58.4. The first-order valence-corrected chi connectivity index (χ1v) is 9.00. The standard InChI is InChI=1S/C18H23F3N2OS/c1-10-11(2)14(13-8-9-23(7)15(13)12(10)3)16(18(19,20)21)22-25(24)17(4,5)6/h8-9H,1-7H3. The minimum absolute atomic E-state index is 0.0174. The lowest BCUT2D eigenvalue weighted by atomic mass is 9.92. The Hall–Kier alpha value is -1.63. The van der Waals surface area contributed by atoms with E-state index in [0.29, 0.717) is 10.9 Å². The molecular formula is C18H23F3N2OS. The normalized spacial score (nSPS) is 15.0. The highest BCUT2D eigenvalue weighted by molar-refractivity contribution is 7.85. The van der Waals surface area contributed by atoms with Crippen molar-refractivity contribution in [1.82, 2.24) is 4.57 Å². The van der Waals surface area contributed by atoms with Crippen molar-refractivity contribution in [1.29, 1.82) is 0 Å². The molecule has 0 spiro atoms. The molecule has 0 fully saturated rings. The van der Waals surface area contributed by atoms with Crippen LogP contribution in [0.15, 0.2) is 16.7 Å². The fraction of sp³-hybridized carbons (Fsp3) is 0.500. The van der Waals surface area contributed by atoms with E-state index in [4.69, 9.17) is 0 Å². The van der Waals surface area contributed by atoms with E-state index >= 15 is 0 Å². The summed E-state index contributed by atoms with van der Waals surface area (Å²) in [6.45, 7) is 10.2. The summed E-state index contributed by atoms with van der Waals surface area (Å²) in [6.07, 6.45) is -2.97. The van der Waals surface area contributed by atoms with Crippen LogP contribution in [0, 0.1) is 20.8 Å². The second kappa shape index (κ2) is 6.27. The summed E-state index contributed by atoms with van der Waals surface area (Å²) >= 11 is 0. The molecule has 7 heteroatoms. The van der Waals surface area contributed by atoms with Crippen LogP contribution in [-0.4, -0.2) is 25.4 Å². The molecule has 0 amide bonds. The topological polar surface area (TPSA) is 34.4 Å². The molecule has 0 saturated heterocycles. The Morgan fingerprint density at radius 2 is 1.64 bits per heavy atom. The maximum Gasteiger partial charge on any atom is 0.434 e. The molecule has 0 aliphatic heterocycles. The molecule has 1 heterocycles. The van der Waals surface area contributed by atoms with Crippen molar-refractivity contribution < 1.29 is 17.4 Å². The number of alkyl halides is 3. The lowest BCUT2D eigenvalue weighted by Crippen LogP contribution is -2.29. The van der Waals surface area contributed by atoms with Gasteiger partial charge in [-0.05, 0) is 64.3 Å². The minimum Gasteiger partial charge on any atom is -0.350 e. The van der Waals surface area contributed by atoms with Crippen molar-refractivity contribution in [2.24, 2.45) is 11.4 Å². The average Bonchev–Trinajstić information content (AvgIpc) is 2.83. The SMILES string of the molecule is Cc1c(C)c(C)c2c(ccn2C)c1C(=NS(=O)C(C)(C)C)C(F)(F)F. The van der Waals surface area contributed by atoms with Gasteiger partial charge in [0.2, 0.25) is 0 Å². The summed E-state index contributed by atoms with van der Waals surface area (Å²) in [5.74, 6) is 0. The quantitative estimate of drug-likeness (QED) is 0.689. The van der Waals surface area contributed by atoms with E-state index in [1.807, 2.05) is 6.92 Å². The van der Waals surface area contributed by atoms with E-state index in [1.54, 1.807) is 58.5 Å². The maximum absolute atomic E-state index is 13.8. The van der Waals surface area contributed by atoms with Gasteiger partial charge >= 0.3 is 6.18 Å². The third-order valence-electron chi connectivity index (χ3n) is 4.40. The summed E-state index contributed by atoms with van der Waals surface area (Å²) in [7, 11) is -0.212. The van der Waals surface area contributed by atoms with Gasteiger partial charge in [-0.15, -0.1) is 0 Å². The van der Waals surface area contributed by atoms with Gasteiger partial charge < -0.3 is 4.57 Å².